The summed E-state index contributed by atoms with van der Waals surface area (Å²) in [6, 6.07) is 8.69. The molecule has 0 bridgehead atoms. The van der Waals surface area contributed by atoms with Crippen LogP contribution in [-0.2, 0) is 0 Å². The van der Waals surface area contributed by atoms with E-state index >= 15 is 0 Å². The third-order valence-electron chi connectivity index (χ3n) is 2.74. The van der Waals surface area contributed by atoms with Crippen molar-refractivity contribution >= 4 is 15.9 Å². The third-order valence-corrected chi connectivity index (χ3v) is 3.24. The Morgan fingerprint density at radius 2 is 2.12 bits per heavy atom. The molecule has 90 valence electrons. The van der Waals surface area contributed by atoms with Gasteiger partial charge in [-0.25, -0.2) is 0 Å². The molecule has 0 aliphatic carbocycles. The van der Waals surface area contributed by atoms with Crippen LogP contribution in [0.3, 0.4) is 0 Å². The maximum atomic E-state index is 8.82. The largest absolute Gasteiger partial charge is 0.396 e. The molecule has 2 atom stereocenters. The average molecular weight is 286 g/mol. The van der Waals surface area contributed by atoms with Gasteiger partial charge in [-0.3, -0.25) is 0 Å². The normalized spacial score (nSPS) is 14.8. The molecule has 1 aromatic carbocycles. The van der Waals surface area contributed by atoms with Gasteiger partial charge in [0.05, 0.1) is 0 Å². The van der Waals surface area contributed by atoms with E-state index < -0.39 is 0 Å². The molecule has 0 spiro atoms. The molecule has 16 heavy (non-hydrogen) atoms. The SMILES string of the molecule is CC(CCO)CNC(C)c1cccc(Br)c1. The van der Waals surface area contributed by atoms with Gasteiger partial charge in [0.15, 0.2) is 0 Å². The average Bonchev–Trinajstić information content (AvgIpc) is 2.26. The number of nitrogens with one attached hydrogen (secondary N) is 1. The van der Waals surface area contributed by atoms with Crippen molar-refractivity contribution < 1.29 is 5.11 Å². The maximum absolute atomic E-state index is 8.82. The van der Waals surface area contributed by atoms with Crippen LogP contribution < -0.4 is 5.32 Å². The molecule has 0 amide bonds. The highest BCUT2D eigenvalue weighted by Gasteiger charge is 2.07. The van der Waals surface area contributed by atoms with Crippen molar-refractivity contribution in [2.24, 2.45) is 5.92 Å². The molecule has 2 N–H and O–H groups in total. The van der Waals surface area contributed by atoms with Crippen LogP contribution in [0.5, 0.6) is 0 Å². The van der Waals surface area contributed by atoms with Gasteiger partial charge in [0.2, 0.25) is 0 Å². The first kappa shape index (κ1) is 13.7. The number of benzene rings is 1. The maximum Gasteiger partial charge on any atom is 0.0434 e. The fourth-order valence-electron chi connectivity index (χ4n) is 1.59. The van der Waals surface area contributed by atoms with E-state index in [1.165, 1.54) is 5.56 Å². The topological polar surface area (TPSA) is 32.3 Å². The predicted molar refractivity (Wildman–Crippen MR) is 71.4 cm³/mol. The Hall–Kier alpha value is -0.380. The van der Waals surface area contributed by atoms with Crippen molar-refractivity contribution in [1.82, 2.24) is 5.32 Å². The first-order valence-electron chi connectivity index (χ1n) is 5.73. The van der Waals surface area contributed by atoms with Gasteiger partial charge in [-0.15, -0.1) is 0 Å². The molecule has 0 saturated carbocycles. The number of halogens is 1. The zero-order chi connectivity index (χ0) is 12.0. The van der Waals surface area contributed by atoms with Crippen LogP contribution in [-0.4, -0.2) is 18.3 Å². The van der Waals surface area contributed by atoms with Crippen LogP contribution >= 0.6 is 15.9 Å². The minimum Gasteiger partial charge on any atom is -0.396 e. The number of hydrogen-bond acceptors (Lipinski definition) is 2. The van der Waals surface area contributed by atoms with Crippen molar-refractivity contribution in [2.45, 2.75) is 26.3 Å². The van der Waals surface area contributed by atoms with Crippen molar-refractivity contribution in [3.05, 3.63) is 34.3 Å². The minimum atomic E-state index is 0.272. The first-order valence-corrected chi connectivity index (χ1v) is 6.52. The molecule has 0 radical (unpaired) electrons. The van der Waals surface area contributed by atoms with E-state index in [0.717, 1.165) is 17.4 Å². The Labute approximate surface area is 106 Å². The summed E-state index contributed by atoms with van der Waals surface area (Å²) in [6.07, 6.45) is 0.859. The van der Waals surface area contributed by atoms with Gasteiger partial charge >= 0.3 is 0 Å². The van der Waals surface area contributed by atoms with E-state index in [4.69, 9.17) is 5.11 Å². The second-order valence-electron chi connectivity index (χ2n) is 4.30. The van der Waals surface area contributed by atoms with Crippen molar-refractivity contribution in [3.63, 3.8) is 0 Å². The lowest BCUT2D eigenvalue weighted by molar-refractivity contribution is 0.258. The summed E-state index contributed by atoms with van der Waals surface area (Å²) in [6.45, 7) is 5.52. The van der Waals surface area contributed by atoms with Gasteiger partial charge in [-0.2, -0.15) is 0 Å². The van der Waals surface area contributed by atoms with Crippen LogP contribution in [0.4, 0.5) is 0 Å². The summed E-state index contributed by atoms with van der Waals surface area (Å²) < 4.78 is 1.11. The predicted octanol–water partition coefficient (Wildman–Crippen LogP) is 3.12. The smallest absolute Gasteiger partial charge is 0.0434 e. The van der Waals surface area contributed by atoms with Crippen molar-refractivity contribution in [3.8, 4) is 0 Å². The van der Waals surface area contributed by atoms with Crippen LogP contribution in [0.15, 0.2) is 28.7 Å². The summed E-state index contributed by atoms with van der Waals surface area (Å²) in [4.78, 5) is 0. The Kier molecular flexibility index (Phi) is 6.03. The van der Waals surface area contributed by atoms with Crippen LogP contribution in [0, 0.1) is 5.92 Å². The van der Waals surface area contributed by atoms with E-state index in [1.54, 1.807) is 0 Å². The summed E-state index contributed by atoms with van der Waals surface area (Å²) in [7, 11) is 0. The summed E-state index contributed by atoms with van der Waals surface area (Å²) in [5.41, 5.74) is 1.28. The zero-order valence-electron chi connectivity index (χ0n) is 9.91. The van der Waals surface area contributed by atoms with E-state index in [2.05, 4.69) is 53.3 Å². The lowest BCUT2D eigenvalue weighted by Crippen LogP contribution is -2.24. The van der Waals surface area contributed by atoms with Crippen LogP contribution in [0.1, 0.15) is 31.9 Å². The molecule has 1 rings (SSSR count). The van der Waals surface area contributed by atoms with E-state index in [-0.39, 0.29) is 6.61 Å². The van der Waals surface area contributed by atoms with Gasteiger partial charge in [-0.1, -0.05) is 35.0 Å². The van der Waals surface area contributed by atoms with Gasteiger partial charge in [-0.05, 0) is 43.5 Å². The van der Waals surface area contributed by atoms with E-state index in [9.17, 15) is 0 Å². The molecule has 2 unspecified atom stereocenters. The van der Waals surface area contributed by atoms with Gasteiger partial charge < -0.3 is 10.4 Å². The Morgan fingerprint density at radius 3 is 2.75 bits per heavy atom. The molecule has 0 aliphatic heterocycles. The monoisotopic (exact) mass is 285 g/mol. The van der Waals surface area contributed by atoms with E-state index in [1.807, 2.05) is 6.07 Å². The van der Waals surface area contributed by atoms with Gasteiger partial charge in [0.1, 0.15) is 0 Å². The fourth-order valence-corrected chi connectivity index (χ4v) is 2.01. The van der Waals surface area contributed by atoms with Gasteiger partial charge in [0, 0.05) is 17.1 Å². The fraction of sp³-hybridized carbons (Fsp3) is 0.538. The molecule has 2 nitrogen and oxygen atoms in total. The lowest BCUT2D eigenvalue weighted by Gasteiger charge is -2.17. The summed E-state index contributed by atoms with van der Waals surface area (Å²) in [5.74, 6) is 0.514. The second kappa shape index (κ2) is 7.05. The second-order valence-corrected chi connectivity index (χ2v) is 5.22. The third kappa shape index (κ3) is 4.64. The first-order chi connectivity index (χ1) is 7.63. The highest BCUT2D eigenvalue weighted by atomic mass is 79.9. The molecule has 0 heterocycles. The lowest BCUT2D eigenvalue weighted by atomic mass is 10.1. The summed E-state index contributed by atoms with van der Waals surface area (Å²) in [5, 5.41) is 12.3. The minimum absolute atomic E-state index is 0.272. The quantitative estimate of drug-likeness (QED) is 0.842. The Morgan fingerprint density at radius 1 is 1.38 bits per heavy atom. The molecular weight excluding hydrogens is 266 g/mol. The standard InChI is InChI=1S/C13H20BrNO/c1-10(6-7-16)9-15-11(2)12-4-3-5-13(14)8-12/h3-5,8,10-11,15-16H,6-7,9H2,1-2H3. The highest BCUT2D eigenvalue weighted by Crippen LogP contribution is 2.18. The molecule has 1 aromatic rings. The van der Waals surface area contributed by atoms with Crippen LogP contribution in [0.2, 0.25) is 0 Å². The molecular formula is C13H20BrNO. The number of hydrogen-bond donors (Lipinski definition) is 2. The molecule has 0 saturated heterocycles. The molecule has 0 aromatic heterocycles. The number of aliphatic hydroxyl groups excluding tert-OH is 1. The van der Waals surface area contributed by atoms with E-state index in [0.29, 0.717) is 12.0 Å². The van der Waals surface area contributed by atoms with Crippen molar-refractivity contribution in [1.29, 1.82) is 0 Å². The molecule has 0 fully saturated rings. The van der Waals surface area contributed by atoms with Crippen LogP contribution in [0.25, 0.3) is 0 Å². The zero-order valence-corrected chi connectivity index (χ0v) is 11.5. The molecule has 3 heteroatoms. The van der Waals surface area contributed by atoms with Crippen molar-refractivity contribution in [2.75, 3.05) is 13.2 Å². The summed E-state index contributed by atoms with van der Waals surface area (Å²) >= 11 is 3.47. The highest BCUT2D eigenvalue weighted by molar-refractivity contribution is 9.10. The Balaban J connectivity index is 2.43. The number of aliphatic hydroxyl groups is 1. The van der Waals surface area contributed by atoms with Gasteiger partial charge in [0.25, 0.3) is 0 Å². The molecule has 0 aliphatic rings. The number of rotatable bonds is 6. The Bertz CT molecular complexity index is 317.